The van der Waals surface area contributed by atoms with Crippen molar-refractivity contribution in [3.63, 3.8) is 0 Å². The monoisotopic (exact) mass is 415 g/mol. The number of ether oxygens (including phenoxy) is 2. The highest BCUT2D eigenvalue weighted by atomic mass is 16.5. The molecule has 154 valence electrons. The summed E-state index contributed by atoms with van der Waals surface area (Å²) in [5.41, 5.74) is 2.67. The first-order valence-electron chi connectivity index (χ1n) is 9.42. The van der Waals surface area contributed by atoms with E-state index in [1.165, 1.54) is 20.4 Å². The van der Waals surface area contributed by atoms with E-state index in [1.54, 1.807) is 54.5 Å². The van der Waals surface area contributed by atoms with Gasteiger partial charge in [0.15, 0.2) is 5.65 Å². The number of methoxy groups -OCH3 is 2. The summed E-state index contributed by atoms with van der Waals surface area (Å²) in [4.78, 5) is 36.4. The van der Waals surface area contributed by atoms with Gasteiger partial charge in [0.05, 0.1) is 36.4 Å². The van der Waals surface area contributed by atoms with Crippen LogP contribution >= 0.6 is 0 Å². The van der Waals surface area contributed by atoms with Crippen LogP contribution in [-0.4, -0.2) is 45.8 Å². The molecule has 9 heteroatoms. The summed E-state index contributed by atoms with van der Waals surface area (Å²) < 4.78 is 12.2. The third kappa shape index (κ3) is 2.67. The number of amides is 2. The molecule has 0 radical (unpaired) electrons. The van der Waals surface area contributed by atoms with E-state index in [2.05, 4.69) is 15.1 Å². The van der Waals surface area contributed by atoms with Crippen LogP contribution in [0.5, 0.6) is 11.5 Å². The Bertz CT molecular complexity index is 1360. The van der Waals surface area contributed by atoms with Gasteiger partial charge in [-0.1, -0.05) is 0 Å². The highest BCUT2D eigenvalue weighted by Gasteiger charge is 2.41. The Morgan fingerprint density at radius 2 is 1.74 bits per heavy atom. The van der Waals surface area contributed by atoms with Gasteiger partial charge in [-0.3, -0.25) is 14.6 Å². The fraction of sp³-hybridized carbons (Fsp3) is 0.136. The SMILES string of the molecule is COc1ccc(N2C(=O)c3cnc4c(c(-c5ccncc5)nn4C)c3C2=O)c(OC)c1. The summed E-state index contributed by atoms with van der Waals surface area (Å²) in [5, 5.41) is 5.08. The third-order valence-electron chi connectivity index (χ3n) is 5.28. The number of aromatic nitrogens is 4. The molecule has 1 aliphatic rings. The second kappa shape index (κ2) is 6.91. The van der Waals surface area contributed by atoms with E-state index in [0.29, 0.717) is 33.9 Å². The van der Waals surface area contributed by atoms with Crippen LogP contribution in [-0.2, 0) is 7.05 Å². The fourth-order valence-corrected chi connectivity index (χ4v) is 3.83. The van der Waals surface area contributed by atoms with Crippen LogP contribution in [0.25, 0.3) is 22.3 Å². The van der Waals surface area contributed by atoms with Gasteiger partial charge in [-0.25, -0.2) is 14.6 Å². The summed E-state index contributed by atoms with van der Waals surface area (Å²) in [5.74, 6) is -0.0336. The second-order valence-electron chi connectivity index (χ2n) is 6.94. The lowest BCUT2D eigenvalue weighted by molar-refractivity contribution is 0.0925. The van der Waals surface area contributed by atoms with E-state index in [0.717, 1.165) is 10.5 Å². The minimum absolute atomic E-state index is 0.221. The number of imide groups is 1. The average molecular weight is 415 g/mol. The summed E-state index contributed by atoms with van der Waals surface area (Å²) in [7, 11) is 4.75. The predicted molar refractivity (Wildman–Crippen MR) is 112 cm³/mol. The highest BCUT2D eigenvalue weighted by molar-refractivity contribution is 6.38. The first-order chi connectivity index (χ1) is 15.0. The Labute approximate surface area is 176 Å². The maximum absolute atomic E-state index is 13.6. The summed E-state index contributed by atoms with van der Waals surface area (Å²) in [6.07, 6.45) is 4.72. The van der Waals surface area contributed by atoms with Crippen molar-refractivity contribution in [3.05, 3.63) is 60.0 Å². The maximum Gasteiger partial charge on any atom is 0.267 e. The smallest absolute Gasteiger partial charge is 0.267 e. The van der Waals surface area contributed by atoms with Crippen molar-refractivity contribution in [2.45, 2.75) is 0 Å². The molecule has 0 saturated heterocycles. The van der Waals surface area contributed by atoms with Crippen LogP contribution in [0.2, 0.25) is 0 Å². The highest BCUT2D eigenvalue weighted by Crippen LogP contribution is 2.40. The van der Waals surface area contributed by atoms with Crippen LogP contribution in [0.15, 0.2) is 48.9 Å². The molecular formula is C22H17N5O4. The van der Waals surface area contributed by atoms with Crippen LogP contribution in [0.4, 0.5) is 5.69 Å². The quantitative estimate of drug-likeness (QED) is 0.473. The molecule has 1 aromatic carbocycles. The molecule has 0 unspecified atom stereocenters. The molecule has 5 rings (SSSR count). The van der Waals surface area contributed by atoms with E-state index in [1.807, 2.05) is 0 Å². The lowest BCUT2D eigenvalue weighted by atomic mass is 10.0. The fourth-order valence-electron chi connectivity index (χ4n) is 3.83. The zero-order chi connectivity index (χ0) is 21.7. The average Bonchev–Trinajstić information content (AvgIpc) is 3.27. The molecular weight excluding hydrogens is 398 g/mol. The van der Waals surface area contributed by atoms with Crippen molar-refractivity contribution in [2.75, 3.05) is 19.1 Å². The molecule has 4 aromatic rings. The third-order valence-corrected chi connectivity index (χ3v) is 5.28. The number of nitrogens with zero attached hydrogens (tertiary/aromatic N) is 5. The number of carbonyl (C=O) groups is 2. The maximum atomic E-state index is 13.6. The zero-order valence-corrected chi connectivity index (χ0v) is 17.0. The Morgan fingerprint density at radius 3 is 2.45 bits per heavy atom. The summed E-state index contributed by atoms with van der Waals surface area (Å²) in [6, 6.07) is 8.51. The Kier molecular flexibility index (Phi) is 4.18. The normalized spacial score (nSPS) is 13.1. The topological polar surface area (TPSA) is 99.4 Å². The van der Waals surface area contributed by atoms with Gasteiger partial charge in [0.2, 0.25) is 0 Å². The summed E-state index contributed by atoms with van der Waals surface area (Å²) in [6.45, 7) is 0. The molecule has 0 bridgehead atoms. The van der Waals surface area contributed by atoms with Crippen molar-refractivity contribution in [1.29, 1.82) is 0 Å². The first kappa shape index (κ1) is 18.7. The lowest BCUT2D eigenvalue weighted by Crippen LogP contribution is -2.29. The van der Waals surface area contributed by atoms with Gasteiger partial charge in [0.25, 0.3) is 11.8 Å². The van der Waals surface area contributed by atoms with Gasteiger partial charge in [0.1, 0.15) is 17.2 Å². The van der Waals surface area contributed by atoms with E-state index < -0.39 is 11.8 Å². The second-order valence-corrected chi connectivity index (χ2v) is 6.94. The molecule has 4 heterocycles. The van der Waals surface area contributed by atoms with E-state index >= 15 is 0 Å². The zero-order valence-electron chi connectivity index (χ0n) is 17.0. The molecule has 0 fully saturated rings. The number of aryl methyl sites for hydroxylation is 1. The number of hydrogen-bond acceptors (Lipinski definition) is 7. The van der Waals surface area contributed by atoms with E-state index in [4.69, 9.17) is 9.47 Å². The lowest BCUT2D eigenvalue weighted by Gasteiger charge is -2.18. The molecule has 1 aliphatic heterocycles. The van der Waals surface area contributed by atoms with Gasteiger partial charge in [0, 0.05) is 37.3 Å². The van der Waals surface area contributed by atoms with Crippen LogP contribution in [0.1, 0.15) is 20.7 Å². The van der Waals surface area contributed by atoms with Crippen molar-refractivity contribution in [3.8, 4) is 22.8 Å². The Morgan fingerprint density at radius 1 is 0.968 bits per heavy atom. The molecule has 0 spiro atoms. The van der Waals surface area contributed by atoms with Crippen molar-refractivity contribution in [2.24, 2.45) is 7.05 Å². The van der Waals surface area contributed by atoms with Crippen molar-refractivity contribution in [1.82, 2.24) is 19.7 Å². The standard InChI is InChI=1S/C22H17N5O4/c1-26-20-18(19(25-26)12-6-8-23-9-7-12)17-14(11-24-20)21(28)27(22(17)29)15-5-4-13(30-2)10-16(15)31-3/h4-11H,1-3H3. The van der Waals surface area contributed by atoms with Crippen LogP contribution in [0, 0.1) is 0 Å². The number of carbonyl (C=O) groups excluding carboxylic acids is 2. The van der Waals surface area contributed by atoms with Gasteiger partial charge in [-0.15, -0.1) is 0 Å². The molecule has 2 amide bonds. The van der Waals surface area contributed by atoms with Gasteiger partial charge >= 0.3 is 0 Å². The number of pyridine rings is 2. The van der Waals surface area contributed by atoms with E-state index in [-0.39, 0.29) is 11.1 Å². The molecule has 31 heavy (non-hydrogen) atoms. The molecule has 9 nitrogen and oxygen atoms in total. The molecule has 0 N–H and O–H groups in total. The van der Waals surface area contributed by atoms with Gasteiger partial charge in [-0.05, 0) is 24.3 Å². The number of benzene rings is 1. The number of fused-ring (bicyclic) bond motifs is 3. The first-order valence-corrected chi connectivity index (χ1v) is 9.42. The Balaban J connectivity index is 1.74. The van der Waals surface area contributed by atoms with Crippen LogP contribution < -0.4 is 14.4 Å². The van der Waals surface area contributed by atoms with Gasteiger partial charge < -0.3 is 9.47 Å². The number of anilines is 1. The predicted octanol–water partition coefficient (Wildman–Crippen LogP) is 2.85. The molecule has 0 aliphatic carbocycles. The minimum Gasteiger partial charge on any atom is -0.497 e. The van der Waals surface area contributed by atoms with Gasteiger partial charge in [-0.2, -0.15) is 5.10 Å². The molecule has 0 atom stereocenters. The number of rotatable bonds is 4. The molecule has 3 aromatic heterocycles. The largest absolute Gasteiger partial charge is 0.497 e. The van der Waals surface area contributed by atoms with E-state index in [9.17, 15) is 9.59 Å². The van der Waals surface area contributed by atoms with Crippen molar-refractivity contribution >= 4 is 28.5 Å². The minimum atomic E-state index is -0.470. The molecule has 0 saturated carbocycles. The Hall–Kier alpha value is -4.27. The van der Waals surface area contributed by atoms with Crippen LogP contribution in [0.3, 0.4) is 0 Å². The van der Waals surface area contributed by atoms with Crippen molar-refractivity contribution < 1.29 is 19.1 Å². The number of hydrogen-bond donors (Lipinski definition) is 0. The summed E-state index contributed by atoms with van der Waals surface area (Å²) >= 11 is 0.